The van der Waals surface area contributed by atoms with Gasteiger partial charge in [-0.3, -0.25) is 24.3 Å². The normalized spacial score (nSPS) is 20.6. The molecule has 74 heavy (non-hydrogen) atoms. The highest BCUT2D eigenvalue weighted by molar-refractivity contribution is 5.87. The maximum absolute atomic E-state index is 15.3. The number of ether oxygens (including phenoxy) is 6. The van der Waals surface area contributed by atoms with Crippen LogP contribution in [0.15, 0.2) is 61.3 Å². The van der Waals surface area contributed by atoms with Gasteiger partial charge in [0.1, 0.15) is 12.1 Å². The van der Waals surface area contributed by atoms with Gasteiger partial charge in [-0.25, -0.2) is 19.4 Å². The first-order chi connectivity index (χ1) is 36.0. The molecule has 20 heteroatoms. The number of fused-ring (bicyclic) bond motifs is 4. The molecule has 2 fully saturated rings. The van der Waals surface area contributed by atoms with Crippen LogP contribution in [0.3, 0.4) is 0 Å². The predicted molar refractivity (Wildman–Crippen MR) is 273 cm³/mol. The Bertz CT molecular complexity index is 2840. The van der Waals surface area contributed by atoms with Gasteiger partial charge in [-0.15, -0.1) is 0 Å². The molecule has 2 aromatic carbocycles. The Morgan fingerprint density at radius 2 is 1.50 bits per heavy atom. The summed E-state index contributed by atoms with van der Waals surface area (Å²) in [7, 11) is 8.09. The average Bonchev–Trinajstić information content (AvgIpc) is 3.87. The van der Waals surface area contributed by atoms with Gasteiger partial charge in [-0.2, -0.15) is 5.10 Å². The number of esters is 1. The first-order valence-electron chi connectivity index (χ1n) is 25.6. The van der Waals surface area contributed by atoms with E-state index in [-0.39, 0.29) is 49.1 Å². The number of likely N-dealkylation sites (N-methyl/N-ethyl adjacent to an activating group) is 1. The number of hydrogen-bond donors (Lipinski definition) is 0. The zero-order valence-electron chi connectivity index (χ0n) is 43.6. The molecule has 4 atom stereocenters. The van der Waals surface area contributed by atoms with Gasteiger partial charge < -0.3 is 48.0 Å². The van der Waals surface area contributed by atoms with Crippen LogP contribution in [0.5, 0.6) is 23.0 Å². The lowest BCUT2D eigenvalue weighted by molar-refractivity contribution is -0.153. The van der Waals surface area contributed by atoms with Crippen molar-refractivity contribution in [2.24, 2.45) is 11.8 Å². The lowest BCUT2D eigenvalue weighted by Gasteiger charge is -2.59. The number of aromatic nitrogens is 5. The van der Waals surface area contributed by atoms with Gasteiger partial charge in [0.2, 0.25) is 18.6 Å². The molecule has 9 rings (SSSR count). The number of benzene rings is 2. The van der Waals surface area contributed by atoms with Gasteiger partial charge >= 0.3 is 12.1 Å². The van der Waals surface area contributed by atoms with E-state index in [0.717, 1.165) is 64.2 Å². The van der Waals surface area contributed by atoms with E-state index in [2.05, 4.69) is 43.9 Å². The van der Waals surface area contributed by atoms with E-state index >= 15 is 9.59 Å². The molecule has 3 aromatic heterocycles. The Morgan fingerprint density at radius 3 is 2.20 bits per heavy atom. The van der Waals surface area contributed by atoms with Gasteiger partial charge in [-0.05, 0) is 103 Å². The third-order valence-corrected chi connectivity index (χ3v) is 15.7. The number of piperazine rings is 1. The summed E-state index contributed by atoms with van der Waals surface area (Å²) in [5.74, 6) is 1.98. The minimum absolute atomic E-state index is 0.00197. The Morgan fingerprint density at radius 1 is 0.811 bits per heavy atom. The van der Waals surface area contributed by atoms with Gasteiger partial charge in [0.05, 0.1) is 52.1 Å². The highest BCUT2D eigenvalue weighted by Gasteiger charge is 2.58. The van der Waals surface area contributed by atoms with Crippen molar-refractivity contribution < 1.29 is 47.6 Å². The number of carbonyl (C=O) groups is 4. The number of nitrogens with zero attached hydrogens (tertiary/aromatic N) is 10. The second-order valence-electron chi connectivity index (χ2n) is 19.4. The molecule has 3 amide bonds. The molecular weight excluding hydrogens is 949 g/mol. The molecule has 5 aromatic rings. The number of pyridine rings is 1. The van der Waals surface area contributed by atoms with Crippen LogP contribution in [-0.4, -0.2) is 163 Å². The molecule has 0 unspecified atom stereocenters. The Balaban J connectivity index is 1.06. The van der Waals surface area contributed by atoms with Crippen LogP contribution < -0.4 is 23.8 Å². The summed E-state index contributed by atoms with van der Waals surface area (Å²) in [5, 5.41) is 5.53. The van der Waals surface area contributed by atoms with Crippen molar-refractivity contribution in [2.45, 2.75) is 76.9 Å². The third-order valence-electron chi connectivity index (χ3n) is 15.7. The van der Waals surface area contributed by atoms with Gasteiger partial charge in [0.15, 0.2) is 28.6 Å². The summed E-state index contributed by atoms with van der Waals surface area (Å²) in [6.45, 7) is 7.95. The summed E-state index contributed by atoms with van der Waals surface area (Å²) >= 11 is 0. The minimum Gasteiger partial charge on any atom is -0.493 e. The summed E-state index contributed by atoms with van der Waals surface area (Å²) < 4.78 is 35.8. The van der Waals surface area contributed by atoms with Crippen molar-refractivity contribution in [3.63, 3.8) is 0 Å². The standard InChI is InChI=1S/C54H68N10O10/c1-8-48(66)73-34-74-53(68)59(3)19-15-47(65)63-21-14-37-28-44(70-5)46(72-7)30-41(37)54(63)16-10-38(26-42(54)49-39-29-45(71-6)43(69-4)27-36(39)13-20-60(49)9-2)52(67)62-24-22-61(23-25-62)50-40-31-58-64(51(40)57-33-56-50)32-35-11-17-55-18-12-35/h11-12,17-18,27-31,33,38,42,49H,8-10,13-16,19-26,32,34H2,1-7H3/t38-,42-,49-,54+/m1/s1. The lowest BCUT2D eigenvalue weighted by atomic mass is 9.58. The van der Waals surface area contributed by atoms with E-state index in [4.69, 9.17) is 33.4 Å². The summed E-state index contributed by atoms with van der Waals surface area (Å²) in [4.78, 5) is 78.9. The summed E-state index contributed by atoms with van der Waals surface area (Å²) in [6.07, 6.45) is 9.19. The zero-order valence-corrected chi connectivity index (χ0v) is 43.6. The zero-order chi connectivity index (χ0) is 52.1. The average molecular weight is 1020 g/mol. The fraction of sp³-hybridized carbons (Fsp3) is 0.519. The van der Waals surface area contributed by atoms with Crippen LogP contribution in [0.25, 0.3) is 11.0 Å². The van der Waals surface area contributed by atoms with Crippen LogP contribution >= 0.6 is 0 Å². The number of hydrogen-bond acceptors (Lipinski definition) is 16. The fourth-order valence-corrected chi connectivity index (χ4v) is 11.9. The van der Waals surface area contributed by atoms with Crippen molar-refractivity contribution in [1.82, 2.24) is 44.3 Å². The summed E-state index contributed by atoms with van der Waals surface area (Å²) in [5.41, 5.74) is 5.09. The van der Waals surface area contributed by atoms with E-state index < -0.39 is 24.4 Å². The van der Waals surface area contributed by atoms with Crippen molar-refractivity contribution in [3.05, 3.63) is 89.1 Å². The highest BCUT2D eigenvalue weighted by atomic mass is 16.7. The second kappa shape index (κ2) is 22.5. The van der Waals surface area contributed by atoms with Crippen LogP contribution in [0.2, 0.25) is 0 Å². The Kier molecular flexibility index (Phi) is 15.7. The van der Waals surface area contributed by atoms with Gasteiger partial charge in [0.25, 0.3) is 0 Å². The molecule has 1 saturated carbocycles. The smallest absolute Gasteiger partial charge is 0.412 e. The van der Waals surface area contributed by atoms with Crippen molar-refractivity contribution in [3.8, 4) is 23.0 Å². The van der Waals surface area contributed by atoms with Crippen LogP contribution in [0, 0.1) is 11.8 Å². The number of amides is 3. The fourth-order valence-electron chi connectivity index (χ4n) is 11.9. The highest BCUT2D eigenvalue weighted by Crippen LogP contribution is 2.59. The van der Waals surface area contributed by atoms with E-state index in [1.54, 1.807) is 61.1 Å². The molecule has 1 aliphatic carbocycles. The molecule has 20 nitrogen and oxygen atoms in total. The van der Waals surface area contributed by atoms with Crippen LogP contribution in [0.1, 0.15) is 79.8 Å². The molecule has 0 N–H and O–H groups in total. The molecular formula is C54H68N10O10. The summed E-state index contributed by atoms with van der Waals surface area (Å²) in [6, 6.07) is 11.9. The lowest BCUT2D eigenvalue weighted by Crippen LogP contribution is -2.63. The largest absolute Gasteiger partial charge is 0.493 e. The van der Waals surface area contributed by atoms with Crippen molar-refractivity contribution >= 4 is 40.7 Å². The molecule has 1 spiro atoms. The van der Waals surface area contributed by atoms with Crippen molar-refractivity contribution in [2.75, 3.05) is 99.5 Å². The van der Waals surface area contributed by atoms with Gasteiger partial charge in [0, 0.05) is 96.0 Å². The Hall–Kier alpha value is -7.22. The first kappa shape index (κ1) is 51.7. The quantitative estimate of drug-likeness (QED) is 0.0870. The molecule has 394 valence electrons. The van der Waals surface area contributed by atoms with E-state index in [1.165, 1.54) is 4.90 Å². The SMILES string of the molecule is CCC(=O)OCOC(=O)N(C)CCC(=O)N1CCc2cc(OC)c(OC)cc2[C@]12CC[C@@H](C(=O)N1CCN(c3ncnc4c3cnn4Cc3ccncc3)CC1)C[C@@H]2[C@H]1c2cc(OC)c(OC)cc2CCN1CC. The van der Waals surface area contributed by atoms with Crippen molar-refractivity contribution in [1.29, 1.82) is 0 Å². The Labute approximate surface area is 431 Å². The molecule has 3 aliphatic heterocycles. The molecule has 0 bridgehead atoms. The third kappa shape index (κ3) is 9.95. The van der Waals surface area contributed by atoms with Gasteiger partial charge in [-0.1, -0.05) is 13.8 Å². The second-order valence-corrected chi connectivity index (χ2v) is 19.4. The number of rotatable bonds is 16. The van der Waals surface area contributed by atoms with E-state index in [0.29, 0.717) is 87.9 Å². The molecule has 1 saturated heterocycles. The maximum atomic E-state index is 15.3. The molecule has 0 radical (unpaired) electrons. The van der Waals surface area contributed by atoms with E-state index in [9.17, 15) is 9.59 Å². The topological polar surface area (TPSA) is 196 Å². The number of methoxy groups -OCH3 is 4. The molecule has 6 heterocycles. The monoisotopic (exact) mass is 1020 g/mol. The minimum atomic E-state index is -0.937. The molecule has 4 aliphatic rings. The first-order valence-corrected chi connectivity index (χ1v) is 25.6. The van der Waals surface area contributed by atoms with Crippen LogP contribution in [-0.2, 0) is 48.8 Å². The maximum Gasteiger partial charge on any atom is 0.412 e. The number of carbonyl (C=O) groups excluding carboxylic acids is 4. The predicted octanol–water partition coefficient (Wildman–Crippen LogP) is 5.64. The number of anilines is 1. The van der Waals surface area contributed by atoms with E-state index in [1.807, 2.05) is 44.9 Å². The van der Waals surface area contributed by atoms with Crippen LogP contribution in [0.4, 0.5) is 10.6 Å².